The van der Waals surface area contributed by atoms with Crippen LogP contribution in [0.3, 0.4) is 0 Å². The monoisotopic (exact) mass is 419 g/mol. The molecule has 2 aromatic rings. The fourth-order valence-corrected chi connectivity index (χ4v) is 5.35. The fraction of sp³-hybridized carbons (Fsp3) is 0.500. The standard InChI is InChI=1S/C20H26FN5O2S/c1-16-14-19(24-8-2-3-9-24)23-20(22-16)25-10-12-26(13-11-25)29(27,28)15-17-4-6-18(21)7-5-17/h4-7,14H,2-3,8-13,15H2,1H3. The number of halogens is 1. The molecule has 0 saturated carbocycles. The van der Waals surface area contributed by atoms with Crippen LogP contribution < -0.4 is 9.80 Å². The zero-order valence-electron chi connectivity index (χ0n) is 16.6. The van der Waals surface area contributed by atoms with Gasteiger partial charge in [0.2, 0.25) is 16.0 Å². The molecule has 0 bridgehead atoms. The summed E-state index contributed by atoms with van der Waals surface area (Å²) in [6.45, 7) is 5.88. The van der Waals surface area contributed by atoms with Crippen molar-refractivity contribution < 1.29 is 12.8 Å². The summed E-state index contributed by atoms with van der Waals surface area (Å²) in [5.41, 5.74) is 1.51. The maximum atomic E-state index is 13.1. The van der Waals surface area contributed by atoms with Crippen molar-refractivity contribution in [2.45, 2.75) is 25.5 Å². The lowest BCUT2D eigenvalue weighted by molar-refractivity contribution is 0.382. The third kappa shape index (κ3) is 4.67. The lowest BCUT2D eigenvalue weighted by Crippen LogP contribution is -2.49. The molecule has 0 spiro atoms. The second kappa shape index (κ2) is 8.23. The first-order valence-corrected chi connectivity index (χ1v) is 11.6. The molecule has 2 aliphatic heterocycles. The Kier molecular flexibility index (Phi) is 5.69. The third-order valence-corrected chi connectivity index (χ3v) is 7.29. The Labute approximate surface area is 171 Å². The van der Waals surface area contributed by atoms with E-state index in [2.05, 4.69) is 14.8 Å². The number of benzene rings is 1. The van der Waals surface area contributed by atoms with Crippen LogP contribution >= 0.6 is 0 Å². The Morgan fingerprint density at radius 1 is 0.931 bits per heavy atom. The van der Waals surface area contributed by atoms with Crippen molar-refractivity contribution >= 4 is 21.8 Å². The van der Waals surface area contributed by atoms with E-state index in [1.54, 1.807) is 0 Å². The molecule has 2 saturated heterocycles. The number of piperazine rings is 1. The van der Waals surface area contributed by atoms with E-state index in [1.807, 2.05) is 13.0 Å². The van der Waals surface area contributed by atoms with E-state index in [9.17, 15) is 12.8 Å². The first-order chi connectivity index (χ1) is 13.9. The molecule has 0 unspecified atom stereocenters. The molecule has 2 aliphatic rings. The normalized spacial score (nSPS) is 18.4. The SMILES string of the molecule is Cc1cc(N2CCCC2)nc(N2CCN(S(=O)(=O)Cc3ccc(F)cc3)CC2)n1. The molecule has 4 rings (SSSR count). The largest absolute Gasteiger partial charge is 0.356 e. The van der Waals surface area contributed by atoms with Crippen LogP contribution in [0.1, 0.15) is 24.1 Å². The number of aromatic nitrogens is 2. The highest BCUT2D eigenvalue weighted by Crippen LogP contribution is 2.23. The van der Waals surface area contributed by atoms with Gasteiger partial charge in [0.05, 0.1) is 5.75 Å². The van der Waals surface area contributed by atoms with Gasteiger partial charge in [-0.1, -0.05) is 12.1 Å². The number of rotatable bonds is 5. The van der Waals surface area contributed by atoms with Crippen molar-refractivity contribution in [3.05, 3.63) is 47.4 Å². The van der Waals surface area contributed by atoms with Gasteiger partial charge in [0, 0.05) is 51.0 Å². The summed E-state index contributed by atoms with van der Waals surface area (Å²) >= 11 is 0. The van der Waals surface area contributed by atoms with E-state index in [0.717, 1.165) is 24.6 Å². The number of hydrogen-bond donors (Lipinski definition) is 0. The van der Waals surface area contributed by atoms with E-state index in [-0.39, 0.29) is 11.6 Å². The van der Waals surface area contributed by atoms with Crippen LogP contribution in [-0.2, 0) is 15.8 Å². The van der Waals surface area contributed by atoms with Gasteiger partial charge in [0.15, 0.2) is 0 Å². The maximum Gasteiger partial charge on any atom is 0.227 e. The van der Waals surface area contributed by atoms with Crippen LogP contribution in [0, 0.1) is 12.7 Å². The van der Waals surface area contributed by atoms with Crippen LogP contribution in [0.25, 0.3) is 0 Å². The predicted molar refractivity (Wildman–Crippen MR) is 111 cm³/mol. The predicted octanol–water partition coefficient (Wildman–Crippen LogP) is 2.18. The minimum atomic E-state index is -3.45. The second-order valence-electron chi connectivity index (χ2n) is 7.63. The highest BCUT2D eigenvalue weighted by atomic mass is 32.2. The zero-order valence-corrected chi connectivity index (χ0v) is 17.4. The molecule has 3 heterocycles. The van der Waals surface area contributed by atoms with Crippen molar-refractivity contribution in [3.8, 4) is 0 Å². The van der Waals surface area contributed by atoms with Gasteiger partial charge < -0.3 is 9.80 Å². The van der Waals surface area contributed by atoms with E-state index in [4.69, 9.17) is 4.98 Å². The van der Waals surface area contributed by atoms with Crippen molar-refractivity contribution in [2.75, 3.05) is 49.1 Å². The van der Waals surface area contributed by atoms with Gasteiger partial charge in [-0.25, -0.2) is 17.8 Å². The minimum Gasteiger partial charge on any atom is -0.356 e. The number of sulfonamides is 1. The molecule has 0 radical (unpaired) electrons. The number of aryl methyl sites for hydroxylation is 1. The highest BCUT2D eigenvalue weighted by molar-refractivity contribution is 7.88. The van der Waals surface area contributed by atoms with Crippen LogP contribution in [0.15, 0.2) is 30.3 Å². The van der Waals surface area contributed by atoms with Crippen LogP contribution in [0.2, 0.25) is 0 Å². The molecular weight excluding hydrogens is 393 g/mol. The first-order valence-electron chi connectivity index (χ1n) is 9.98. The summed E-state index contributed by atoms with van der Waals surface area (Å²) < 4.78 is 40.0. The van der Waals surface area contributed by atoms with Crippen molar-refractivity contribution in [1.29, 1.82) is 0 Å². The van der Waals surface area contributed by atoms with E-state index < -0.39 is 10.0 Å². The Morgan fingerprint density at radius 3 is 2.24 bits per heavy atom. The molecule has 2 fully saturated rings. The summed E-state index contributed by atoms with van der Waals surface area (Å²) in [7, 11) is -3.45. The van der Waals surface area contributed by atoms with Crippen molar-refractivity contribution in [1.82, 2.24) is 14.3 Å². The van der Waals surface area contributed by atoms with Crippen LogP contribution in [0.5, 0.6) is 0 Å². The summed E-state index contributed by atoms with van der Waals surface area (Å²) in [5.74, 6) is 1.14. The molecule has 1 aromatic heterocycles. The van der Waals surface area contributed by atoms with Gasteiger partial charge >= 0.3 is 0 Å². The average Bonchev–Trinajstić information content (AvgIpc) is 3.24. The van der Waals surface area contributed by atoms with Gasteiger partial charge in [0.25, 0.3) is 0 Å². The minimum absolute atomic E-state index is 0.118. The molecular formula is C20H26FN5O2S. The van der Waals surface area contributed by atoms with Gasteiger partial charge in [0.1, 0.15) is 11.6 Å². The Balaban J connectivity index is 1.42. The van der Waals surface area contributed by atoms with Crippen molar-refractivity contribution in [2.24, 2.45) is 0 Å². The van der Waals surface area contributed by atoms with E-state index >= 15 is 0 Å². The molecule has 7 nitrogen and oxygen atoms in total. The summed E-state index contributed by atoms with van der Waals surface area (Å²) in [6.07, 6.45) is 2.37. The Bertz CT molecular complexity index is 953. The highest BCUT2D eigenvalue weighted by Gasteiger charge is 2.28. The number of hydrogen-bond acceptors (Lipinski definition) is 6. The lowest BCUT2D eigenvalue weighted by Gasteiger charge is -2.34. The van der Waals surface area contributed by atoms with Crippen LogP contribution in [0.4, 0.5) is 16.2 Å². The molecule has 1 aromatic carbocycles. The average molecular weight is 420 g/mol. The van der Waals surface area contributed by atoms with E-state index in [0.29, 0.717) is 37.7 Å². The van der Waals surface area contributed by atoms with Crippen molar-refractivity contribution in [3.63, 3.8) is 0 Å². The second-order valence-corrected chi connectivity index (χ2v) is 9.60. The van der Waals surface area contributed by atoms with Gasteiger partial charge in [-0.2, -0.15) is 9.29 Å². The quantitative estimate of drug-likeness (QED) is 0.740. The fourth-order valence-electron chi connectivity index (χ4n) is 3.84. The first kappa shape index (κ1) is 20.0. The Hall–Kier alpha value is -2.26. The molecule has 0 aliphatic carbocycles. The molecule has 0 N–H and O–H groups in total. The van der Waals surface area contributed by atoms with Gasteiger partial charge in [-0.3, -0.25) is 0 Å². The van der Waals surface area contributed by atoms with Gasteiger partial charge in [-0.05, 0) is 37.5 Å². The summed E-state index contributed by atoms with van der Waals surface area (Å²) in [6, 6.07) is 7.62. The van der Waals surface area contributed by atoms with Crippen LogP contribution in [-0.4, -0.2) is 62.0 Å². The lowest BCUT2D eigenvalue weighted by atomic mass is 10.2. The topological polar surface area (TPSA) is 69.6 Å². The molecule has 156 valence electrons. The number of anilines is 2. The summed E-state index contributed by atoms with van der Waals surface area (Å²) in [4.78, 5) is 13.6. The molecule has 9 heteroatoms. The van der Waals surface area contributed by atoms with E-state index in [1.165, 1.54) is 41.4 Å². The zero-order chi connectivity index (χ0) is 20.4. The summed E-state index contributed by atoms with van der Waals surface area (Å²) in [5, 5.41) is 0. The van der Waals surface area contributed by atoms with Gasteiger partial charge in [-0.15, -0.1) is 0 Å². The molecule has 29 heavy (non-hydrogen) atoms. The molecule has 0 atom stereocenters. The third-order valence-electron chi connectivity index (χ3n) is 5.44. The molecule has 0 amide bonds. The number of nitrogens with zero attached hydrogens (tertiary/aromatic N) is 5. The maximum absolute atomic E-state index is 13.1. The smallest absolute Gasteiger partial charge is 0.227 e. The Morgan fingerprint density at radius 2 is 1.59 bits per heavy atom.